The maximum Gasteiger partial charge on any atom is 0.271 e. The van der Waals surface area contributed by atoms with Gasteiger partial charge in [0.05, 0.1) is 6.33 Å². The van der Waals surface area contributed by atoms with E-state index in [1.54, 1.807) is 29.5 Å². The largest absolute Gasteiger partial charge is 0.347 e. The lowest BCUT2D eigenvalue weighted by Gasteiger charge is -2.05. The molecule has 6 nitrogen and oxygen atoms in total. The van der Waals surface area contributed by atoms with Gasteiger partial charge in [-0.25, -0.2) is 4.98 Å². The molecule has 2 aromatic rings. The highest BCUT2D eigenvalue weighted by molar-refractivity contribution is 5.91. The van der Waals surface area contributed by atoms with E-state index in [-0.39, 0.29) is 5.91 Å². The predicted octanol–water partition coefficient (Wildman–Crippen LogP) is 0.475. The van der Waals surface area contributed by atoms with E-state index in [1.807, 2.05) is 13.0 Å². The first-order valence-corrected chi connectivity index (χ1v) is 6.10. The Morgan fingerprint density at radius 1 is 1.53 bits per heavy atom. The highest BCUT2D eigenvalue weighted by Crippen LogP contribution is 2.05. The highest BCUT2D eigenvalue weighted by atomic mass is 16.1. The molecular formula is C13H17N5O. The van der Waals surface area contributed by atoms with Crippen molar-refractivity contribution in [1.29, 1.82) is 0 Å². The van der Waals surface area contributed by atoms with Crippen molar-refractivity contribution < 1.29 is 4.79 Å². The van der Waals surface area contributed by atoms with E-state index in [4.69, 9.17) is 5.73 Å². The first kappa shape index (κ1) is 13.2. The van der Waals surface area contributed by atoms with Crippen molar-refractivity contribution in [3.63, 3.8) is 0 Å². The first-order chi connectivity index (χ1) is 9.20. The molecule has 0 aliphatic heterocycles. The number of hydrogen-bond donors (Lipinski definition) is 2. The van der Waals surface area contributed by atoms with Crippen LogP contribution < -0.4 is 11.1 Å². The maximum atomic E-state index is 11.9. The molecule has 0 bridgehead atoms. The van der Waals surface area contributed by atoms with Crippen molar-refractivity contribution in [2.24, 2.45) is 5.73 Å². The van der Waals surface area contributed by atoms with Crippen LogP contribution in [-0.2, 0) is 13.1 Å². The van der Waals surface area contributed by atoms with Gasteiger partial charge in [0.15, 0.2) is 0 Å². The average molecular weight is 259 g/mol. The summed E-state index contributed by atoms with van der Waals surface area (Å²) in [6.45, 7) is 3.61. The third kappa shape index (κ3) is 3.38. The first-order valence-electron chi connectivity index (χ1n) is 6.10. The maximum absolute atomic E-state index is 11.9. The molecule has 6 heteroatoms. The molecule has 2 aromatic heterocycles. The molecule has 0 unspecified atom stereocenters. The van der Waals surface area contributed by atoms with E-state index in [0.717, 1.165) is 11.1 Å². The van der Waals surface area contributed by atoms with Crippen LogP contribution in [0.3, 0.4) is 0 Å². The summed E-state index contributed by atoms with van der Waals surface area (Å²) < 4.78 is 1.80. The molecule has 100 valence electrons. The molecule has 0 aromatic carbocycles. The zero-order valence-corrected chi connectivity index (χ0v) is 10.8. The van der Waals surface area contributed by atoms with Gasteiger partial charge in [-0.05, 0) is 24.1 Å². The molecule has 2 rings (SSSR count). The van der Waals surface area contributed by atoms with Crippen LogP contribution in [0, 0.1) is 6.92 Å². The van der Waals surface area contributed by atoms with E-state index < -0.39 is 0 Å². The van der Waals surface area contributed by atoms with Gasteiger partial charge in [-0.15, -0.1) is 0 Å². The molecule has 0 saturated heterocycles. The standard InChI is InChI=1S/C13H17N5O/c1-10-6-15-4-2-11(10)7-16-13(19)12-8-18(5-3-14)9-17-12/h2,4,6,8-9H,3,5,7,14H2,1H3,(H,16,19). The zero-order chi connectivity index (χ0) is 13.7. The lowest BCUT2D eigenvalue weighted by atomic mass is 10.1. The molecular weight excluding hydrogens is 242 g/mol. The zero-order valence-electron chi connectivity index (χ0n) is 10.8. The molecule has 0 aliphatic carbocycles. The number of rotatable bonds is 5. The quantitative estimate of drug-likeness (QED) is 0.817. The lowest BCUT2D eigenvalue weighted by molar-refractivity contribution is 0.0946. The van der Waals surface area contributed by atoms with Crippen LogP contribution in [-0.4, -0.2) is 27.0 Å². The van der Waals surface area contributed by atoms with E-state index in [1.165, 1.54) is 0 Å². The fraction of sp³-hybridized carbons (Fsp3) is 0.308. The summed E-state index contributed by atoms with van der Waals surface area (Å²) in [4.78, 5) is 20.0. The molecule has 1 amide bonds. The Morgan fingerprint density at radius 2 is 2.37 bits per heavy atom. The Bertz CT molecular complexity index is 564. The third-order valence-electron chi connectivity index (χ3n) is 2.83. The number of aromatic nitrogens is 3. The van der Waals surface area contributed by atoms with Gasteiger partial charge in [-0.3, -0.25) is 9.78 Å². The van der Waals surface area contributed by atoms with Crippen LogP contribution >= 0.6 is 0 Å². The van der Waals surface area contributed by atoms with Crippen LogP contribution in [0.1, 0.15) is 21.6 Å². The number of nitrogens with zero attached hydrogens (tertiary/aromatic N) is 3. The number of nitrogens with one attached hydrogen (secondary N) is 1. The van der Waals surface area contributed by atoms with Gasteiger partial charge in [-0.1, -0.05) is 0 Å². The van der Waals surface area contributed by atoms with E-state index in [9.17, 15) is 4.79 Å². The minimum absolute atomic E-state index is 0.188. The van der Waals surface area contributed by atoms with Gasteiger partial charge >= 0.3 is 0 Å². The lowest BCUT2D eigenvalue weighted by Crippen LogP contribution is -2.23. The molecule has 19 heavy (non-hydrogen) atoms. The van der Waals surface area contributed by atoms with E-state index in [0.29, 0.717) is 25.3 Å². The topological polar surface area (TPSA) is 85.8 Å². The van der Waals surface area contributed by atoms with Crippen molar-refractivity contribution in [3.05, 3.63) is 47.8 Å². The van der Waals surface area contributed by atoms with E-state index >= 15 is 0 Å². The molecule has 0 aliphatic rings. The second kappa shape index (κ2) is 6.10. The van der Waals surface area contributed by atoms with Crippen molar-refractivity contribution in [2.75, 3.05) is 6.54 Å². The predicted molar refractivity (Wildman–Crippen MR) is 71.4 cm³/mol. The number of imidazole rings is 1. The molecule has 0 fully saturated rings. The summed E-state index contributed by atoms with van der Waals surface area (Å²) >= 11 is 0. The summed E-state index contributed by atoms with van der Waals surface area (Å²) in [7, 11) is 0. The molecule has 0 saturated carbocycles. The van der Waals surface area contributed by atoms with Gasteiger partial charge < -0.3 is 15.6 Å². The second-order valence-electron chi connectivity index (χ2n) is 4.27. The Morgan fingerprint density at radius 3 is 3.11 bits per heavy atom. The second-order valence-corrected chi connectivity index (χ2v) is 4.27. The number of carbonyl (C=O) groups is 1. The molecule has 3 N–H and O–H groups in total. The number of amides is 1. The fourth-order valence-corrected chi connectivity index (χ4v) is 1.72. The summed E-state index contributed by atoms with van der Waals surface area (Å²) in [6, 6.07) is 1.89. The van der Waals surface area contributed by atoms with Crippen LogP contribution in [0.25, 0.3) is 0 Å². The highest BCUT2D eigenvalue weighted by Gasteiger charge is 2.09. The van der Waals surface area contributed by atoms with Crippen LogP contribution in [0.4, 0.5) is 0 Å². The average Bonchev–Trinajstić information content (AvgIpc) is 2.87. The Labute approximate surface area is 111 Å². The van der Waals surface area contributed by atoms with E-state index in [2.05, 4.69) is 15.3 Å². The smallest absolute Gasteiger partial charge is 0.271 e. The Hall–Kier alpha value is -2.21. The minimum atomic E-state index is -0.188. The molecule has 0 spiro atoms. The monoisotopic (exact) mass is 259 g/mol. The van der Waals surface area contributed by atoms with Crippen molar-refractivity contribution in [1.82, 2.24) is 19.9 Å². The number of carbonyl (C=O) groups excluding carboxylic acids is 1. The van der Waals surface area contributed by atoms with Crippen LogP contribution in [0.2, 0.25) is 0 Å². The fourth-order valence-electron chi connectivity index (χ4n) is 1.72. The number of pyridine rings is 1. The van der Waals surface area contributed by atoms with Gasteiger partial charge in [0, 0.05) is 38.2 Å². The normalized spacial score (nSPS) is 10.4. The molecule has 2 heterocycles. The number of aryl methyl sites for hydroxylation is 1. The van der Waals surface area contributed by atoms with Gasteiger partial charge in [-0.2, -0.15) is 0 Å². The third-order valence-corrected chi connectivity index (χ3v) is 2.83. The van der Waals surface area contributed by atoms with Crippen molar-refractivity contribution in [2.45, 2.75) is 20.0 Å². The van der Waals surface area contributed by atoms with Crippen molar-refractivity contribution >= 4 is 5.91 Å². The summed E-state index contributed by atoms with van der Waals surface area (Å²) in [5, 5.41) is 2.84. The van der Waals surface area contributed by atoms with Gasteiger partial charge in [0.2, 0.25) is 0 Å². The Balaban J connectivity index is 1.95. The summed E-state index contributed by atoms with van der Waals surface area (Å²) in [6.07, 6.45) is 6.79. The van der Waals surface area contributed by atoms with Gasteiger partial charge in [0.1, 0.15) is 5.69 Å². The SMILES string of the molecule is Cc1cnccc1CNC(=O)c1cn(CCN)cn1. The summed E-state index contributed by atoms with van der Waals surface area (Å²) in [5.74, 6) is -0.188. The van der Waals surface area contributed by atoms with Gasteiger partial charge in [0.25, 0.3) is 5.91 Å². The van der Waals surface area contributed by atoms with Crippen molar-refractivity contribution in [3.8, 4) is 0 Å². The van der Waals surface area contributed by atoms with Crippen LogP contribution in [0.5, 0.6) is 0 Å². The molecule has 0 radical (unpaired) electrons. The number of hydrogen-bond acceptors (Lipinski definition) is 4. The Kier molecular flexibility index (Phi) is 4.25. The summed E-state index contributed by atoms with van der Waals surface area (Å²) in [5.41, 5.74) is 7.94. The number of nitrogens with two attached hydrogens (primary N) is 1. The minimum Gasteiger partial charge on any atom is -0.347 e. The van der Waals surface area contributed by atoms with Crippen LogP contribution in [0.15, 0.2) is 31.0 Å². The molecule has 0 atom stereocenters.